The van der Waals surface area contributed by atoms with Crippen LogP contribution in [-0.2, 0) is 11.3 Å². The number of anilines is 1. The molecule has 1 heterocycles. The first-order valence-corrected chi connectivity index (χ1v) is 8.60. The molecule has 1 aromatic carbocycles. The summed E-state index contributed by atoms with van der Waals surface area (Å²) in [5.74, 6) is 0.0879. The number of hydrogen-bond donors (Lipinski definition) is 2. The predicted molar refractivity (Wildman–Crippen MR) is 92.3 cm³/mol. The molecule has 3 amide bonds. The largest absolute Gasteiger partial charge is 0.352 e. The summed E-state index contributed by atoms with van der Waals surface area (Å²) in [6, 6.07) is 7.61. The molecular formula is C18H27N3O2. The molecule has 0 spiro atoms. The number of unbranched alkanes of at least 4 members (excludes halogenated alkanes) is 2. The summed E-state index contributed by atoms with van der Waals surface area (Å²) in [4.78, 5) is 25.7. The fourth-order valence-corrected chi connectivity index (χ4v) is 2.71. The van der Waals surface area contributed by atoms with Crippen molar-refractivity contribution < 1.29 is 9.59 Å². The SMILES string of the molecule is CCCCCC(=O)NCc1cccc(NC(=O)N2CCCC2)c1. The minimum atomic E-state index is -0.0387. The zero-order valence-corrected chi connectivity index (χ0v) is 13.9. The van der Waals surface area contributed by atoms with Crippen LogP contribution in [0.2, 0.25) is 0 Å². The molecule has 1 aromatic rings. The Labute approximate surface area is 138 Å². The molecule has 1 aliphatic heterocycles. The van der Waals surface area contributed by atoms with Gasteiger partial charge in [-0.1, -0.05) is 31.9 Å². The third kappa shape index (κ3) is 5.93. The van der Waals surface area contributed by atoms with Gasteiger partial charge in [-0.25, -0.2) is 4.79 Å². The number of nitrogens with zero attached hydrogens (tertiary/aromatic N) is 1. The van der Waals surface area contributed by atoms with Crippen molar-refractivity contribution in [1.29, 1.82) is 0 Å². The lowest BCUT2D eigenvalue weighted by Gasteiger charge is -2.16. The van der Waals surface area contributed by atoms with Crippen LogP contribution in [0.25, 0.3) is 0 Å². The molecule has 0 saturated carbocycles. The van der Waals surface area contributed by atoms with Crippen LogP contribution >= 0.6 is 0 Å². The lowest BCUT2D eigenvalue weighted by molar-refractivity contribution is -0.121. The monoisotopic (exact) mass is 317 g/mol. The van der Waals surface area contributed by atoms with E-state index >= 15 is 0 Å². The first kappa shape index (κ1) is 17.3. The minimum absolute atomic E-state index is 0.0387. The summed E-state index contributed by atoms with van der Waals surface area (Å²) in [6.07, 6.45) is 5.89. The Morgan fingerprint density at radius 3 is 2.70 bits per heavy atom. The van der Waals surface area contributed by atoms with Crippen LogP contribution in [0.5, 0.6) is 0 Å². The highest BCUT2D eigenvalue weighted by molar-refractivity contribution is 5.89. The van der Waals surface area contributed by atoms with E-state index in [1.54, 1.807) is 0 Å². The summed E-state index contributed by atoms with van der Waals surface area (Å²) in [5, 5.41) is 5.86. The van der Waals surface area contributed by atoms with E-state index < -0.39 is 0 Å². The van der Waals surface area contributed by atoms with E-state index in [9.17, 15) is 9.59 Å². The Morgan fingerprint density at radius 2 is 1.96 bits per heavy atom. The average molecular weight is 317 g/mol. The maximum Gasteiger partial charge on any atom is 0.321 e. The van der Waals surface area contributed by atoms with E-state index in [1.807, 2.05) is 29.2 Å². The number of nitrogens with one attached hydrogen (secondary N) is 2. The first-order chi connectivity index (χ1) is 11.2. The second kappa shape index (κ2) is 9.18. The molecule has 0 unspecified atom stereocenters. The second-order valence-electron chi connectivity index (χ2n) is 6.06. The van der Waals surface area contributed by atoms with E-state index in [1.165, 1.54) is 0 Å². The maximum atomic E-state index is 12.1. The molecule has 1 aliphatic rings. The number of hydrogen-bond acceptors (Lipinski definition) is 2. The first-order valence-electron chi connectivity index (χ1n) is 8.60. The van der Waals surface area contributed by atoms with Crippen LogP contribution in [0.4, 0.5) is 10.5 Å². The Hall–Kier alpha value is -2.04. The van der Waals surface area contributed by atoms with E-state index in [4.69, 9.17) is 0 Å². The summed E-state index contributed by atoms with van der Waals surface area (Å²) in [7, 11) is 0. The van der Waals surface area contributed by atoms with E-state index in [0.717, 1.165) is 56.4 Å². The smallest absolute Gasteiger partial charge is 0.321 e. The van der Waals surface area contributed by atoms with Crippen molar-refractivity contribution in [1.82, 2.24) is 10.2 Å². The van der Waals surface area contributed by atoms with Gasteiger partial charge >= 0.3 is 6.03 Å². The van der Waals surface area contributed by atoms with E-state index in [2.05, 4.69) is 17.6 Å². The third-order valence-electron chi connectivity index (χ3n) is 4.07. The molecule has 1 saturated heterocycles. The van der Waals surface area contributed by atoms with Gasteiger partial charge in [0.1, 0.15) is 0 Å². The zero-order chi connectivity index (χ0) is 16.5. The van der Waals surface area contributed by atoms with Gasteiger partial charge in [0.15, 0.2) is 0 Å². The van der Waals surface area contributed by atoms with Gasteiger partial charge in [-0.2, -0.15) is 0 Å². The van der Waals surface area contributed by atoms with Gasteiger partial charge in [0.2, 0.25) is 5.91 Å². The number of rotatable bonds is 7. The van der Waals surface area contributed by atoms with Crippen molar-refractivity contribution in [2.75, 3.05) is 18.4 Å². The van der Waals surface area contributed by atoms with Crippen molar-refractivity contribution >= 4 is 17.6 Å². The van der Waals surface area contributed by atoms with Gasteiger partial charge in [0.05, 0.1) is 0 Å². The molecule has 126 valence electrons. The quantitative estimate of drug-likeness (QED) is 0.756. The number of urea groups is 1. The Balaban J connectivity index is 1.79. The molecule has 1 fully saturated rings. The Morgan fingerprint density at radius 1 is 1.17 bits per heavy atom. The molecule has 0 bridgehead atoms. The van der Waals surface area contributed by atoms with Gasteiger partial charge < -0.3 is 15.5 Å². The highest BCUT2D eigenvalue weighted by Crippen LogP contribution is 2.14. The van der Waals surface area contributed by atoms with Gasteiger partial charge in [0.25, 0.3) is 0 Å². The van der Waals surface area contributed by atoms with Crippen LogP contribution in [0, 0.1) is 0 Å². The average Bonchev–Trinajstić information content (AvgIpc) is 3.08. The van der Waals surface area contributed by atoms with Crippen LogP contribution in [0.3, 0.4) is 0 Å². The van der Waals surface area contributed by atoms with Gasteiger partial charge in [-0.3, -0.25) is 4.79 Å². The van der Waals surface area contributed by atoms with Gasteiger partial charge in [-0.05, 0) is 37.0 Å². The van der Waals surface area contributed by atoms with Crippen molar-refractivity contribution in [2.24, 2.45) is 0 Å². The van der Waals surface area contributed by atoms with E-state index in [0.29, 0.717) is 13.0 Å². The number of carbonyl (C=O) groups excluding carboxylic acids is 2. The van der Waals surface area contributed by atoms with Crippen LogP contribution in [-0.4, -0.2) is 29.9 Å². The summed E-state index contributed by atoms with van der Waals surface area (Å²) < 4.78 is 0. The molecule has 0 aromatic heterocycles. The van der Waals surface area contributed by atoms with Gasteiger partial charge in [0, 0.05) is 31.7 Å². The van der Waals surface area contributed by atoms with Crippen molar-refractivity contribution in [3.63, 3.8) is 0 Å². The van der Waals surface area contributed by atoms with Crippen LogP contribution in [0.15, 0.2) is 24.3 Å². The number of likely N-dealkylation sites (tertiary alicyclic amines) is 1. The molecule has 0 radical (unpaired) electrons. The molecule has 0 aliphatic carbocycles. The highest BCUT2D eigenvalue weighted by atomic mass is 16.2. The second-order valence-corrected chi connectivity index (χ2v) is 6.06. The van der Waals surface area contributed by atoms with Crippen molar-refractivity contribution in [3.8, 4) is 0 Å². The topological polar surface area (TPSA) is 61.4 Å². The predicted octanol–water partition coefficient (Wildman–Crippen LogP) is 3.51. The summed E-state index contributed by atoms with van der Waals surface area (Å²) in [6.45, 7) is 4.29. The molecular weight excluding hydrogens is 290 g/mol. The normalized spacial score (nSPS) is 13.9. The molecule has 23 heavy (non-hydrogen) atoms. The van der Waals surface area contributed by atoms with Crippen LogP contribution in [0.1, 0.15) is 51.0 Å². The lowest BCUT2D eigenvalue weighted by Crippen LogP contribution is -2.32. The molecule has 2 rings (SSSR count). The number of benzene rings is 1. The Kier molecular flexibility index (Phi) is 6.91. The molecule has 2 N–H and O–H groups in total. The van der Waals surface area contributed by atoms with Gasteiger partial charge in [-0.15, -0.1) is 0 Å². The number of amides is 3. The van der Waals surface area contributed by atoms with Crippen molar-refractivity contribution in [3.05, 3.63) is 29.8 Å². The van der Waals surface area contributed by atoms with Crippen molar-refractivity contribution in [2.45, 2.75) is 52.0 Å². The zero-order valence-electron chi connectivity index (χ0n) is 13.9. The molecule has 0 atom stereocenters. The lowest BCUT2D eigenvalue weighted by atomic mass is 10.1. The minimum Gasteiger partial charge on any atom is -0.352 e. The summed E-state index contributed by atoms with van der Waals surface area (Å²) in [5.41, 5.74) is 1.77. The number of carbonyl (C=O) groups is 2. The fraction of sp³-hybridized carbons (Fsp3) is 0.556. The standard InChI is InChI=1S/C18H27N3O2/c1-2-3-4-10-17(22)19-14-15-8-7-9-16(13-15)20-18(23)21-11-5-6-12-21/h7-9,13H,2-6,10-12,14H2,1H3,(H,19,22)(H,20,23). The highest BCUT2D eigenvalue weighted by Gasteiger charge is 2.17. The third-order valence-corrected chi connectivity index (χ3v) is 4.07. The van der Waals surface area contributed by atoms with Crippen LogP contribution < -0.4 is 10.6 Å². The van der Waals surface area contributed by atoms with E-state index in [-0.39, 0.29) is 11.9 Å². The molecule has 5 heteroatoms. The fourth-order valence-electron chi connectivity index (χ4n) is 2.71. The maximum absolute atomic E-state index is 12.1. The molecule has 5 nitrogen and oxygen atoms in total. The summed E-state index contributed by atoms with van der Waals surface area (Å²) >= 11 is 0. The Bertz CT molecular complexity index is 525.